The van der Waals surface area contributed by atoms with Gasteiger partial charge in [0.15, 0.2) is 0 Å². The maximum absolute atomic E-state index is 10.4. The Kier molecular flexibility index (Phi) is 17.6. The molecule has 4 heteroatoms. The van der Waals surface area contributed by atoms with E-state index in [4.69, 9.17) is 5.11 Å². The summed E-state index contributed by atoms with van der Waals surface area (Å²) in [7, 11) is 0. The van der Waals surface area contributed by atoms with E-state index >= 15 is 0 Å². The molecule has 0 aromatic carbocycles. The maximum Gasteiger partial charge on any atom is 0.306 e. The van der Waals surface area contributed by atoms with Crippen molar-refractivity contribution in [3.05, 3.63) is 0 Å². The molecule has 0 aliphatic rings. The monoisotopic (exact) mass is 254 g/mol. The summed E-state index contributed by atoms with van der Waals surface area (Å²) in [6, 6.07) is 0. The van der Waals surface area contributed by atoms with Crippen LogP contribution in [0.3, 0.4) is 0 Å². The van der Waals surface area contributed by atoms with E-state index in [1.807, 2.05) is 6.92 Å². The van der Waals surface area contributed by atoms with Crippen LogP contribution in [0.15, 0.2) is 0 Å². The van der Waals surface area contributed by atoms with Crippen molar-refractivity contribution in [2.24, 2.45) is 5.92 Å². The normalized spacial score (nSPS) is 10.8. The Balaban J connectivity index is -0.000000405. The Hall–Kier alpha value is 0.509. The number of carboxylic acids is 1. The van der Waals surface area contributed by atoms with Gasteiger partial charge in [-0.25, -0.2) is 0 Å². The van der Waals surface area contributed by atoms with Crippen molar-refractivity contribution in [3.63, 3.8) is 0 Å². The minimum atomic E-state index is -0.643. The molecular formula is C8H16Mn2O2. The van der Waals surface area contributed by atoms with E-state index < -0.39 is 5.97 Å². The molecule has 1 N–H and O–H groups in total. The van der Waals surface area contributed by atoms with Gasteiger partial charge in [0.2, 0.25) is 0 Å². The average molecular weight is 254 g/mol. The molecule has 2 nitrogen and oxygen atoms in total. The van der Waals surface area contributed by atoms with Crippen molar-refractivity contribution in [2.75, 3.05) is 0 Å². The third-order valence-electron chi connectivity index (χ3n) is 1.75. The predicted molar refractivity (Wildman–Crippen MR) is 40.9 cm³/mol. The van der Waals surface area contributed by atoms with Gasteiger partial charge in [-0.05, 0) is 12.8 Å². The van der Waals surface area contributed by atoms with Crippen molar-refractivity contribution in [3.8, 4) is 0 Å². The molecule has 0 bridgehead atoms. The van der Waals surface area contributed by atoms with Crippen molar-refractivity contribution < 1.29 is 44.0 Å². The molecule has 0 aromatic heterocycles. The smallest absolute Gasteiger partial charge is 0.306 e. The number of rotatable bonds is 5. The fourth-order valence-corrected chi connectivity index (χ4v) is 0.953. The molecule has 0 rings (SSSR count). The van der Waals surface area contributed by atoms with Gasteiger partial charge >= 0.3 is 5.97 Å². The van der Waals surface area contributed by atoms with Crippen LogP contribution in [0.2, 0.25) is 0 Å². The van der Waals surface area contributed by atoms with Gasteiger partial charge in [-0.3, -0.25) is 4.79 Å². The zero-order chi connectivity index (χ0) is 7.98. The van der Waals surface area contributed by atoms with Crippen molar-refractivity contribution in [1.82, 2.24) is 0 Å². The zero-order valence-corrected chi connectivity index (χ0v) is 9.88. The average Bonchev–Trinajstić information content (AvgIpc) is 1.89. The summed E-state index contributed by atoms with van der Waals surface area (Å²) in [5, 5.41) is 8.60. The minimum absolute atomic E-state index is 0. The van der Waals surface area contributed by atoms with E-state index in [0.717, 1.165) is 25.7 Å². The van der Waals surface area contributed by atoms with Crippen LogP contribution in [-0.4, -0.2) is 11.1 Å². The molecule has 1 unspecified atom stereocenters. The molecule has 0 aliphatic carbocycles. The largest absolute Gasteiger partial charge is 0.481 e. The first-order valence-electron chi connectivity index (χ1n) is 3.95. The molecule has 0 spiro atoms. The van der Waals surface area contributed by atoms with Crippen molar-refractivity contribution in [1.29, 1.82) is 0 Å². The van der Waals surface area contributed by atoms with Gasteiger partial charge < -0.3 is 5.11 Å². The molecule has 0 aromatic rings. The summed E-state index contributed by atoms with van der Waals surface area (Å²) in [6.07, 6.45) is 3.71. The second-order valence-electron chi connectivity index (χ2n) is 2.59. The molecule has 12 heavy (non-hydrogen) atoms. The van der Waals surface area contributed by atoms with E-state index in [-0.39, 0.29) is 40.1 Å². The molecule has 1 atom stereocenters. The zero-order valence-electron chi connectivity index (χ0n) is 7.52. The Morgan fingerprint density at radius 2 is 1.83 bits per heavy atom. The summed E-state index contributed by atoms with van der Waals surface area (Å²) in [5.74, 6) is -0.754. The second-order valence-corrected chi connectivity index (χ2v) is 2.59. The first-order valence-corrected chi connectivity index (χ1v) is 3.95. The Morgan fingerprint density at radius 3 is 2.08 bits per heavy atom. The predicted octanol–water partition coefficient (Wildman–Crippen LogP) is 2.28. The third-order valence-corrected chi connectivity index (χ3v) is 1.75. The summed E-state index contributed by atoms with van der Waals surface area (Å²) in [5.41, 5.74) is 0. The molecule has 0 amide bonds. The summed E-state index contributed by atoms with van der Waals surface area (Å²) in [6.45, 7) is 4.00. The van der Waals surface area contributed by atoms with Crippen molar-refractivity contribution >= 4 is 5.97 Å². The maximum atomic E-state index is 10.4. The van der Waals surface area contributed by atoms with Gasteiger partial charge in [-0.1, -0.05) is 26.7 Å². The molecule has 0 saturated heterocycles. The van der Waals surface area contributed by atoms with E-state index in [9.17, 15) is 4.79 Å². The van der Waals surface area contributed by atoms with E-state index in [0.29, 0.717) is 0 Å². The summed E-state index contributed by atoms with van der Waals surface area (Å²) in [4.78, 5) is 10.4. The molecule has 0 fully saturated rings. The van der Waals surface area contributed by atoms with Crippen LogP contribution in [0.4, 0.5) is 0 Å². The van der Waals surface area contributed by atoms with Crippen LogP contribution in [0.5, 0.6) is 0 Å². The van der Waals surface area contributed by atoms with Gasteiger partial charge in [0.05, 0.1) is 5.92 Å². The Labute approximate surface area is 95.4 Å². The quantitative estimate of drug-likeness (QED) is 0.764. The molecular weight excluding hydrogens is 238 g/mol. The van der Waals surface area contributed by atoms with Gasteiger partial charge in [0, 0.05) is 34.1 Å². The topological polar surface area (TPSA) is 37.3 Å². The van der Waals surface area contributed by atoms with Crippen LogP contribution >= 0.6 is 0 Å². The summed E-state index contributed by atoms with van der Waals surface area (Å²) >= 11 is 0. The van der Waals surface area contributed by atoms with Crippen LogP contribution in [0, 0.1) is 5.92 Å². The molecule has 0 aliphatic heterocycles. The van der Waals surface area contributed by atoms with Crippen LogP contribution in [0.25, 0.3) is 0 Å². The molecule has 74 valence electrons. The Morgan fingerprint density at radius 1 is 1.33 bits per heavy atom. The fourth-order valence-electron chi connectivity index (χ4n) is 0.953. The third kappa shape index (κ3) is 8.60. The van der Waals surface area contributed by atoms with Gasteiger partial charge in [-0.2, -0.15) is 0 Å². The van der Waals surface area contributed by atoms with Crippen LogP contribution in [-0.2, 0) is 38.9 Å². The number of hydrogen-bond donors (Lipinski definition) is 1. The first kappa shape index (κ1) is 18.3. The van der Waals surface area contributed by atoms with E-state index in [1.165, 1.54) is 0 Å². The second kappa shape index (κ2) is 11.5. The number of carboxylic acid groups (broad SMARTS) is 1. The number of aliphatic carboxylic acids is 1. The van der Waals surface area contributed by atoms with Crippen LogP contribution < -0.4 is 0 Å². The van der Waals surface area contributed by atoms with Crippen molar-refractivity contribution in [2.45, 2.75) is 39.5 Å². The standard InChI is InChI=1S/C8H16O2.2Mn/c1-3-5-6-7(4-2)8(9)10;;/h7H,3-6H2,1-2H3,(H,9,10);;. The molecule has 0 heterocycles. The SMILES string of the molecule is CCCCC(CC)C(=O)O.[Mn].[Mn]. The molecule has 2 radical (unpaired) electrons. The number of carbonyl (C=O) groups is 1. The van der Waals surface area contributed by atoms with E-state index in [1.54, 1.807) is 0 Å². The fraction of sp³-hybridized carbons (Fsp3) is 0.875. The first-order chi connectivity index (χ1) is 4.72. The van der Waals surface area contributed by atoms with E-state index in [2.05, 4.69) is 6.92 Å². The minimum Gasteiger partial charge on any atom is -0.481 e. The Bertz CT molecular complexity index is 107. The summed E-state index contributed by atoms with van der Waals surface area (Å²) < 4.78 is 0. The van der Waals surface area contributed by atoms with Gasteiger partial charge in [-0.15, -0.1) is 0 Å². The molecule has 0 saturated carbocycles. The number of unbranched alkanes of at least 4 members (excludes halogenated alkanes) is 1. The van der Waals surface area contributed by atoms with Crippen LogP contribution in [0.1, 0.15) is 39.5 Å². The van der Waals surface area contributed by atoms with Gasteiger partial charge in [0.25, 0.3) is 0 Å². The number of hydrogen-bond acceptors (Lipinski definition) is 1. The van der Waals surface area contributed by atoms with Gasteiger partial charge in [0.1, 0.15) is 0 Å².